The fourth-order valence-corrected chi connectivity index (χ4v) is 4.87. The van der Waals surface area contributed by atoms with Gasteiger partial charge in [0, 0.05) is 35.8 Å². The highest BCUT2D eigenvalue weighted by Gasteiger charge is 2.30. The molecule has 2 heterocycles. The number of aryl methyl sites for hydroxylation is 1. The Morgan fingerprint density at radius 2 is 1.79 bits per heavy atom. The van der Waals surface area contributed by atoms with Gasteiger partial charge in [0.2, 0.25) is 0 Å². The number of ether oxygens (including phenoxy) is 1. The summed E-state index contributed by atoms with van der Waals surface area (Å²) in [5, 5.41) is 20.9. The molecule has 0 unspecified atom stereocenters. The molecule has 1 aliphatic rings. The van der Waals surface area contributed by atoms with Gasteiger partial charge in [-0.25, -0.2) is 13.6 Å². The Bertz CT molecular complexity index is 1420. The summed E-state index contributed by atoms with van der Waals surface area (Å²) < 4.78 is 36.8. The number of nitrogens with zero attached hydrogens (tertiary/aromatic N) is 1. The van der Waals surface area contributed by atoms with E-state index in [-0.39, 0.29) is 28.7 Å². The van der Waals surface area contributed by atoms with Gasteiger partial charge in [0.15, 0.2) is 0 Å². The number of aromatic nitrogens is 1. The van der Waals surface area contributed by atoms with Crippen LogP contribution in [0.2, 0.25) is 0 Å². The van der Waals surface area contributed by atoms with Crippen LogP contribution in [0, 0.1) is 18.6 Å². The number of fused-ring (bicyclic) bond motifs is 1. The number of para-hydroxylation sites is 1. The highest BCUT2D eigenvalue weighted by atomic mass is 19.1. The second kappa shape index (κ2) is 8.57. The number of carboxylic acids is 1. The number of aromatic carboxylic acids is 1. The minimum atomic E-state index is -1.22. The van der Waals surface area contributed by atoms with E-state index in [1.807, 2.05) is 6.07 Å². The van der Waals surface area contributed by atoms with Crippen LogP contribution in [0.15, 0.2) is 54.6 Å². The van der Waals surface area contributed by atoms with Gasteiger partial charge in [-0.2, -0.15) is 0 Å². The molecule has 1 aromatic heterocycles. The number of phenols is 1. The van der Waals surface area contributed by atoms with Crippen LogP contribution >= 0.6 is 0 Å². The Morgan fingerprint density at radius 1 is 1.03 bits per heavy atom. The van der Waals surface area contributed by atoms with E-state index in [4.69, 9.17) is 4.74 Å². The quantitative estimate of drug-likeness (QED) is 0.379. The van der Waals surface area contributed by atoms with Crippen LogP contribution in [0.1, 0.15) is 40.4 Å². The molecule has 2 N–H and O–H groups in total. The van der Waals surface area contributed by atoms with Crippen molar-refractivity contribution in [1.29, 1.82) is 0 Å². The predicted octanol–water partition coefficient (Wildman–Crippen LogP) is 6.18. The molecular formula is C27H23F2NO4. The number of phenolic OH excluding ortho intramolecular Hbond substituents is 1. The van der Waals surface area contributed by atoms with Crippen LogP contribution in [-0.4, -0.2) is 34.0 Å². The summed E-state index contributed by atoms with van der Waals surface area (Å²) in [4.78, 5) is 11.4. The van der Waals surface area contributed by atoms with Crippen molar-refractivity contribution in [3.63, 3.8) is 0 Å². The monoisotopic (exact) mass is 463 g/mol. The number of hydrogen-bond donors (Lipinski definition) is 2. The number of rotatable bonds is 4. The zero-order valence-electron chi connectivity index (χ0n) is 18.5. The highest BCUT2D eigenvalue weighted by molar-refractivity contribution is 6.02. The number of aromatic hydroxyl groups is 1. The molecule has 5 rings (SSSR count). The average molecular weight is 463 g/mol. The molecule has 0 bridgehead atoms. The second-order valence-electron chi connectivity index (χ2n) is 8.59. The topological polar surface area (TPSA) is 71.7 Å². The van der Waals surface area contributed by atoms with Gasteiger partial charge in [0.25, 0.3) is 0 Å². The molecule has 0 radical (unpaired) electrons. The molecule has 1 aliphatic heterocycles. The first-order valence-electron chi connectivity index (χ1n) is 11.1. The summed E-state index contributed by atoms with van der Waals surface area (Å²) in [5.74, 6) is -2.30. The maximum absolute atomic E-state index is 15.4. The summed E-state index contributed by atoms with van der Waals surface area (Å²) in [6, 6.07) is 13.7. The molecule has 174 valence electrons. The number of carbonyl (C=O) groups is 1. The second-order valence-corrected chi connectivity index (χ2v) is 8.59. The van der Waals surface area contributed by atoms with Crippen molar-refractivity contribution in [2.45, 2.75) is 25.7 Å². The van der Waals surface area contributed by atoms with Crippen LogP contribution in [0.4, 0.5) is 8.78 Å². The third-order valence-corrected chi connectivity index (χ3v) is 6.49. The van der Waals surface area contributed by atoms with E-state index in [0.717, 1.165) is 22.9 Å². The molecular weight excluding hydrogens is 440 g/mol. The standard InChI is InChI=1S/C27H23F2NO4/c1-15-13-17(5-7-20(15)28)24-19-3-2-4-23(31)26(19)30(25(24)16-9-11-34-12-10-16)22-8-6-18(27(32)33)14-21(22)29/h2-8,13-14,16,31H,9-12H2,1H3,(H,32,33). The Labute approximate surface area is 194 Å². The lowest BCUT2D eigenvalue weighted by Crippen LogP contribution is -2.18. The van der Waals surface area contributed by atoms with Crippen molar-refractivity contribution >= 4 is 16.9 Å². The van der Waals surface area contributed by atoms with Gasteiger partial charge in [-0.1, -0.05) is 18.2 Å². The van der Waals surface area contributed by atoms with Gasteiger partial charge < -0.3 is 19.5 Å². The Hall–Kier alpha value is -3.71. The largest absolute Gasteiger partial charge is 0.506 e. The van der Waals surface area contributed by atoms with Crippen LogP contribution in [0.5, 0.6) is 5.75 Å². The summed E-state index contributed by atoms with van der Waals surface area (Å²) in [6.07, 6.45) is 1.39. The van der Waals surface area contributed by atoms with Crippen molar-refractivity contribution in [2.75, 3.05) is 13.2 Å². The molecule has 0 aliphatic carbocycles. The Kier molecular flexibility index (Phi) is 5.57. The van der Waals surface area contributed by atoms with E-state index in [1.54, 1.807) is 29.7 Å². The smallest absolute Gasteiger partial charge is 0.335 e. The van der Waals surface area contributed by atoms with Gasteiger partial charge in [0.05, 0.1) is 16.8 Å². The molecule has 7 heteroatoms. The van der Waals surface area contributed by atoms with Crippen molar-refractivity contribution in [3.05, 3.63) is 83.1 Å². The zero-order chi connectivity index (χ0) is 24.0. The normalized spacial score (nSPS) is 14.6. The summed E-state index contributed by atoms with van der Waals surface area (Å²) in [7, 11) is 0. The van der Waals surface area contributed by atoms with Crippen LogP contribution in [0.25, 0.3) is 27.7 Å². The molecule has 34 heavy (non-hydrogen) atoms. The fourth-order valence-electron chi connectivity index (χ4n) is 4.87. The van der Waals surface area contributed by atoms with Crippen LogP contribution in [-0.2, 0) is 4.74 Å². The summed E-state index contributed by atoms with van der Waals surface area (Å²) in [6.45, 7) is 2.77. The van der Waals surface area contributed by atoms with Crippen molar-refractivity contribution in [2.24, 2.45) is 0 Å². The minimum Gasteiger partial charge on any atom is -0.506 e. The van der Waals surface area contributed by atoms with E-state index in [2.05, 4.69) is 0 Å². The van der Waals surface area contributed by atoms with Gasteiger partial charge in [-0.3, -0.25) is 0 Å². The first-order valence-corrected chi connectivity index (χ1v) is 11.1. The number of halogens is 2. The number of hydrogen-bond acceptors (Lipinski definition) is 3. The molecule has 3 aromatic carbocycles. The first-order chi connectivity index (χ1) is 16.4. The fraction of sp³-hybridized carbons (Fsp3) is 0.222. The van der Waals surface area contributed by atoms with E-state index >= 15 is 4.39 Å². The van der Waals surface area contributed by atoms with Gasteiger partial charge in [-0.15, -0.1) is 0 Å². The van der Waals surface area contributed by atoms with Crippen molar-refractivity contribution in [3.8, 4) is 22.6 Å². The van der Waals surface area contributed by atoms with E-state index in [1.165, 1.54) is 24.3 Å². The van der Waals surface area contributed by atoms with Crippen LogP contribution < -0.4 is 0 Å². The number of benzene rings is 3. The molecule has 0 atom stereocenters. The van der Waals surface area contributed by atoms with Gasteiger partial charge in [0.1, 0.15) is 17.4 Å². The minimum absolute atomic E-state index is 0.0144. The van der Waals surface area contributed by atoms with Crippen molar-refractivity contribution in [1.82, 2.24) is 4.57 Å². The molecule has 1 fully saturated rings. The third-order valence-electron chi connectivity index (χ3n) is 6.49. The number of carboxylic acid groups (broad SMARTS) is 1. The molecule has 0 saturated carbocycles. The van der Waals surface area contributed by atoms with Gasteiger partial charge in [-0.05, 0) is 67.3 Å². The Morgan fingerprint density at radius 3 is 2.47 bits per heavy atom. The zero-order valence-corrected chi connectivity index (χ0v) is 18.5. The lowest BCUT2D eigenvalue weighted by molar-refractivity contribution is 0.0696. The molecule has 1 saturated heterocycles. The summed E-state index contributed by atoms with van der Waals surface area (Å²) >= 11 is 0. The van der Waals surface area contributed by atoms with E-state index < -0.39 is 11.8 Å². The van der Waals surface area contributed by atoms with Gasteiger partial charge >= 0.3 is 5.97 Å². The summed E-state index contributed by atoms with van der Waals surface area (Å²) in [5.41, 5.74) is 3.22. The maximum Gasteiger partial charge on any atom is 0.335 e. The lowest BCUT2D eigenvalue weighted by atomic mass is 9.89. The lowest BCUT2D eigenvalue weighted by Gasteiger charge is -2.26. The highest BCUT2D eigenvalue weighted by Crippen LogP contribution is 2.46. The maximum atomic E-state index is 15.4. The first kappa shape index (κ1) is 22.1. The molecule has 5 nitrogen and oxygen atoms in total. The third kappa shape index (κ3) is 3.62. The Balaban J connectivity index is 1.90. The van der Waals surface area contributed by atoms with E-state index in [0.29, 0.717) is 42.5 Å². The van der Waals surface area contributed by atoms with Crippen molar-refractivity contribution < 1.29 is 28.5 Å². The van der Waals surface area contributed by atoms with E-state index in [9.17, 15) is 19.4 Å². The molecule has 0 spiro atoms. The van der Waals surface area contributed by atoms with Crippen LogP contribution in [0.3, 0.4) is 0 Å². The average Bonchev–Trinajstić information content (AvgIpc) is 3.17. The molecule has 4 aromatic rings. The SMILES string of the molecule is Cc1cc(-c2c(C3CCOCC3)n(-c3ccc(C(=O)O)cc3F)c3c(O)cccc23)ccc1F. The predicted molar refractivity (Wildman–Crippen MR) is 125 cm³/mol. The molecule has 0 amide bonds.